The van der Waals surface area contributed by atoms with E-state index in [-0.39, 0.29) is 6.52 Å². The van der Waals surface area contributed by atoms with E-state index in [4.69, 9.17) is 1.37 Å². The van der Waals surface area contributed by atoms with Gasteiger partial charge in [-0.1, -0.05) is 25.7 Å². The van der Waals surface area contributed by atoms with E-state index in [0.717, 1.165) is 6.42 Å². The molecular weight excluding hydrogens is 134 g/mol. The Kier molecular flexibility index (Phi) is 1.85. The maximum absolute atomic E-state index is 7.72. The lowest BCUT2D eigenvalue weighted by Gasteiger charge is -2.41. The van der Waals surface area contributed by atoms with Gasteiger partial charge in [0.05, 0.1) is 0 Å². The third-order valence-corrected chi connectivity index (χ3v) is 3.22. The molecule has 2 aliphatic rings. The molecule has 1 saturated heterocycles. The highest BCUT2D eigenvalue weighted by atomic mass is 15.0. The molecule has 0 unspecified atom stereocenters. The molecule has 0 radical (unpaired) electrons. The topological polar surface area (TPSA) is 12.0 Å². The van der Waals surface area contributed by atoms with Crippen molar-refractivity contribution in [1.29, 1.82) is 0 Å². The molecule has 11 heavy (non-hydrogen) atoms. The fraction of sp³-hybridized carbons (Fsp3) is 1.00. The molecule has 1 atom stereocenters. The molecule has 1 N–H and O–H groups in total. The van der Waals surface area contributed by atoms with Crippen molar-refractivity contribution in [2.75, 3.05) is 6.52 Å². The summed E-state index contributed by atoms with van der Waals surface area (Å²) in [7, 11) is 0. The second-order valence-corrected chi connectivity index (χ2v) is 4.08. The SMILES string of the molecule is [2H][C@H]1CCCC2(CCCCC2)N1. The molecule has 0 aromatic carbocycles. The van der Waals surface area contributed by atoms with Crippen LogP contribution in [0.1, 0.15) is 52.7 Å². The maximum Gasteiger partial charge on any atom is 0.0428 e. The number of piperidine rings is 1. The van der Waals surface area contributed by atoms with E-state index >= 15 is 0 Å². The van der Waals surface area contributed by atoms with Crippen molar-refractivity contribution in [2.45, 2.75) is 56.9 Å². The Morgan fingerprint density at radius 2 is 1.55 bits per heavy atom. The lowest BCUT2D eigenvalue weighted by atomic mass is 9.76. The normalized spacial score (nSPS) is 38.5. The van der Waals surface area contributed by atoms with Gasteiger partial charge in [0, 0.05) is 6.91 Å². The summed E-state index contributed by atoms with van der Waals surface area (Å²) in [5, 5.41) is 3.50. The van der Waals surface area contributed by atoms with E-state index in [1.54, 1.807) is 0 Å². The fourth-order valence-electron chi connectivity index (χ4n) is 2.53. The molecule has 0 amide bonds. The second kappa shape index (κ2) is 3.14. The Balaban J connectivity index is 1.97. The van der Waals surface area contributed by atoms with Gasteiger partial charge in [0.25, 0.3) is 0 Å². The van der Waals surface area contributed by atoms with E-state index in [2.05, 4.69) is 5.32 Å². The van der Waals surface area contributed by atoms with Crippen molar-refractivity contribution in [3.63, 3.8) is 0 Å². The first-order chi connectivity index (χ1) is 5.81. The lowest BCUT2D eigenvalue weighted by Crippen LogP contribution is -2.49. The van der Waals surface area contributed by atoms with Crippen LogP contribution in [0.15, 0.2) is 0 Å². The molecule has 64 valence electrons. The average molecular weight is 154 g/mol. The Labute approximate surface area is 71.0 Å². The molecule has 0 aromatic rings. The van der Waals surface area contributed by atoms with Gasteiger partial charge in [-0.15, -0.1) is 0 Å². The molecule has 2 fully saturated rings. The molecule has 1 aliphatic carbocycles. The third kappa shape index (κ3) is 1.58. The highest BCUT2D eigenvalue weighted by Gasteiger charge is 2.32. The van der Waals surface area contributed by atoms with Crippen molar-refractivity contribution in [3.8, 4) is 0 Å². The minimum Gasteiger partial charge on any atom is -0.311 e. The number of rotatable bonds is 0. The van der Waals surface area contributed by atoms with Crippen molar-refractivity contribution in [1.82, 2.24) is 5.32 Å². The lowest BCUT2D eigenvalue weighted by molar-refractivity contribution is 0.184. The highest BCUT2D eigenvalue weighted by molar-refractivity contribution is 4.92. The van der Waals surface area contributed by atoms with Gasteiger partial charge in [0.1, 0.15) is 0 Å². The van der Waals surface area contributed by atoms with Crippen molar-refractivity contribution < 1.29 is 1.37 Å². The second-order valence-electron chi connectivity index (χ2n) is 4.08. The van der Waals surface area contributed by atoms with Crippen LogP contribution in [0.3, 0.4) is 0 Å². The zero-order valence-electron chi connectivity index (χ0n) is 8.23. The van der Waals surface area contributed by atoms with E-state index in [0.29, 0.717) is 5.54 Å². The summed E-state index contributed by atoms with van der Waals surface area (Å²) in [6.45, 7) is 0.0249. The van der Waals surface area contributed by atoms with E-state index in [9.17, 15) is 0 Å². The summed E-state index contributed by atoms with van der Waals surface area (Å²) >= 11 is 0. The van der Waals surface area contributed by atoms with Gasteiger partial charge in [0.2, 0.25) is 0 Å². The Morgan fingerprint density at radius 3 is 2.18 bits per heavy atom. The minimum atomic E-state index is 0.0249. The van der Waals surface area contributed by atoms with Crippen LogP contribution in [-0.4, -0.2) is 12.1 Å². The highest BCUT2D eigenvalue weighted by Crippen LogP contribution is 2.34. The largest absolute Gasteiger partial charge is 0.311 e. The molecule has 1 saturated carbocycles. The van der Waals surface area contributed by atoms with Crippen LogP contribution in [0.25, 0.3) is 0 Å². The maximum atomic E-state index is 7.72. The predicted molar refractivity (Wildman–Crippen MR) is 47.7 cm³/mol. The van der Waals surface area contributed by atoms with Gasteiger partial charge in [0.15, 0.2) is 0 Å². The molecule has 1 aliphatic heterocycles. The Hall–Kier alpha value is -0.0400. The Bertz CT molecular complexity index is 146. The van der Waals surface area contributed by atoms with E-state index in [1.807, 2.05) is 0 Å². The summed E-state index contributed by atoms with van der Waals surface area (Å²) in [5.41, 5.74) is 0.392. The molecule has 0 bridgehead atoms. The van der Waals surface area contributed by atoms with Crippen molar-refractivity contribution in [3.05, 3.63) is 0 Å². The monoisotopic (exact) mass is 154 g/mol. The van der Waals surface area contributed by atoms with Gasteiger partial charge >= 0.3 is 0 Å². The summed E-state index contributed by atoms with van der Waals surface area (Å²) in [5.74, 6) is 0. The number of hydrogen-bond donors (Lipinski definition) is 1. The van der Waals surface area contributed by atoms with Crippen molar-refractivity contribution >= 4 is 0 Å². The zero-order chi connectivity index (χ0) is 8.44. The van der Waals surface area contributed by atoms with Crippen LogP contribution in [-0.2, 0) is 0 Å². The van der Waals surface area contributed by atoms with Gasteiger partial charge in [-0.05, 0) is 32.2 Å². The van der Waals surface area contributed by atoms with E-state index < -0.39 is 0 Å². The summed E-state index contributed by atoms with van der Waals surface area (Å²) in [6, 6.07) is 0. The third-order valence-electron chi connectivity index (χ3n) is 3.22. The first-order valence-electron chi connectivity index (χ1n) is 5.58. The number of nitrogens with one attached hydrogen (secondary N) is 1. The van der Waals surface area contributed by atoms with Crippen LogP contribution < -0.4 is 5.32 Å². The molecular formula is C10H19N. The molecule has 0 aromatic heterocycles. The van der Waals surface area contributed by atoms with Crippen molar-refractivity contribution in [2.24, 2.45) is 0 Å². The fourth-order valence-corrected chi connectivity index (χ4v) is 2.53. The molecule has 1 heterocycles. The average Bonchev–Trinajstić information content (AvgIpc) is 2.05. The molecule has 1 nitrogen and oxygen atoms in total. The van der Waals surface area contributed by atoms with Crippen LogP contribution >= 0.6 is 0 Å². The van der Waals surface area contributed by atoms with Gasteiger partial charge in [-0.3, -0.25) is 0 Å². The number of hydrogen-bond acceptors (Lipinski definition) is 1. The van der Waals surface area contributed by atoms with E-state index in [1.165, 1.54) is 44.9 Å². The Morgan fingerprint density at radius 1 is 0.909 bits per heavy atom. The van der Waals surface area contributed by atoms with Crippen LogP contribution in [0.5, 0.6) is 0 Å². The van der Waals surface area contributed by atoms with Gasteiger partial charge in [-0.25, -0.2) is 0 Å². The van der Waals surface area contributed by atoms with Gasteiger partial charge < -0.3 is 5.32 Å². The minimum absolute atomic E-state index is 0.0249. The van der Waals surface area contributed by atoms with Gasteiger partial charge in [-0.2, -0.15) is 0 Å². The standard InChI is InChI=1S/C10H19N/c1-2-6-10(7-3-1)8-4-5-9-11-10/h11H,1-9H2/i9D/t9-/m0/s1. The molecule has 2 rings (SSSR count). The first-order valence-corrected chi connectivity index (χ1v) is 5.01. The van der Waals surface area contributed by atoms with Crippen LogP contribution in [0.4, 0.5) is 0 Å². The quantitative estimate of drug-likeness (QED) is 0.565. The zero-order valence-corrected chi connectivity index (χ0v) is 7.23. The summed E-state index contributed by atoms with van der Waals surface area (Å²) in [6.07, 6.45) is 10.4. The predicted octanol–water partition coefficient (Wildman–Crippen LogP) is 2.46. The first kappa shape index (κ1) is 6.47. The molecule has 1 heteroatoms. The van der Waals surface area contributed by atoms with Crippen LogP contribution in [0.2, 0.25) is 0 Å². The molecule has 1 spiro atoms. The summed E-state index contributed by atoms with van der Waals surface area (Å²) < 4.78 is 7.72. The van der Waals surface area contributed by atoms with Crippen LogP contribution in [0, 0.1) is 0 Å². The smallest absolute Gasteiger partial charge is 0.0428 e. The summed E-state index contributed by atoms with van der Waals surface area (Å²) in [4.78, 5) is 0.